The van der Waals surface area contributed by atoms with Gasteiger partial charge in [-0.05, 0) is 53.6 Å². The molecule has 0 bridgehead atoms. The van der Waals surface area contributed by atoms with Gasteiger partial charge in [0.25, 0.3) is 11.5 Å². The maximum absolute atomic E-state index is 14.0. The lowest BCUT2D eigenvalue weighted by Crippen LogP contribution is -2.44. The molecular weight excluding hydrogens is 650 g/mol. The molecule has 0 spiro atoms. The van der Waals surface area contributed by atoms with Gasteiger partial charge in [0.2, 0.25) is 5.91 Å². The molecule has 4 aromatic rings. The molecule has 9 nitrogen and oxygen atoms in total. The molecule has 0 aliphatic carbocycles. The predicted molar refractivity (Wildman–Crippen MR) is 180 cm³/mol. The number of hydrogen-bond acceptors (Lipinski definition) is 6. The van der Waals surface area contributed by atoms with Crippen LogP contribution in [0.5, 0.6) is 5.75 Å². The molecule has 1 aromatic heterocycles. The van der Waals surface area contributed by atoms with Crippen LogP contribution in [0.1, 0.15) is 30.0 Å². The highest BCUT2D eigenvalue weighted by Crippen LogP contribution is 2.46. The van der Waals surface area contributed by atoms with Crippen molar-refractivity contribution in [1.29, 1.82) is 0 Å². The summed E-state index contributed by atoms with van der Waals surface area (Å²) in [5.74, 6) is -1.06. The molecule has 3 aromatic carbocycles. The van der Waals surface area contributed by atoms with E-state index in [1.165, 1.54) is 11.7 Å². The molecule has 0 fully saturated rings. The van der Waals surface area contributed by atoms with Gasteiger partial charge in [0.15, 0.2) is 11.4 Å². The Kier molecular flexibility index (Phi) is 10.2. The average Bonchev–Trinajstić information content (AvgIpc) is 3.27. The highest BCUT2D eigenvalue weighted by molar-refractivity contribution is 9.10. The highest BCUT2D eigenvalue weighted by atomic mass is 79.9. The molecule has 0 saturated heterocycles. The Bertz CT molecular complexity index is 1790. The number of amides is 2. The lowest BCUT2D eigenvalue weighted by atomic mass is 9.83. The lowest BCUT2D eigenvalue weighted by Gasteiger charge is -2.28. The van der Waals surface area contributed by atoms with Gasteiger partial charge in [-0.15, -0.1) is 0 Å². The quantitative estimate of drug-likeness (QED) is 0.204. The third-order valence-electron chi connectivity index (χ3n) is 8.23. The van der Waals surface area contributed by atoms with Crippen molar-refractivity contribution in [1.82, 2.24) is 9.47 Å². The number of aromatic nitrogens is 1. The van der Waals surface area contributed by atoms with E-state index in [1.54, 1.807) is 71.5 Å². The summed E-state index contributed by atoms with van der Waals surface area (Å²) in [5, 5.41) is 21.6. The summed E-state index contributed by atoms with van der Waals surface area (Å²) >= 11 is 3.48. The number of carbonyl (C=O) groups is 2. The molecule has 2 amide bonds. The number of anilines is 1. The fourth-order valence-electron chi connectivity index (χ4n) is 5.71. The maximum atomic E-state index is 14.0. The second kappa shape index (κ2) is 14.3. The average molecular weight is 687 g/mol. The van der Waals surface area contributed by atoms with Crippen molar-refractivity contribution in [2.24, 2.45) is 5.92 Å². The number of halogens is 1. The molecule has 238 valence electrons. The van der Waals surface area contributed by atoms with E-state index in [0.717, 1.165) is 15.6 Å². The SMILES string of the molecule is COc1cccn(-c2ccc(CN3C(=O)[C@@](O)([C@@H](C)/C=C/CC(=O)N(CCO)Cc4ccccc4)c4cc(Br)ccc43)cc2)c1=O. The first-order valence-corrected chi connectivity index (χ1v) is 15.7. The predicted octanol–water partition coefficient (Wildman–Crippen LogP) is 4.95. The zero-order chi connectivity index (χ0) is 32.8. The number of benzene rings is 3. The van der Waals surface area contributed by atoms with Gasteiger partial charge in [-0.25, -0.2) is 0 Å². The van der Waals surface area contributed by atoms with Crippen LogP contribution in [0.15, 0.2) is 113 Å². The van der Waals surface area contributed by atoms with Crippen LogP contribution >= 0.6 is 15.9 Å². The minimum Gasteiger partial charge on any atom is -0.491 e. The molecular formula is C36H36BrN3O6. The van der Waals surface area contributed by atoms with Crippen LogP contribution in [-0.2, 0) is 28.3 Å². The Morgan fingerprint density at radius 3 is 2.46 bits per heavy atom. The molecule has 2 N–H and O–H groups in total. The molecule has 2 heterocycles. The summed E-state index contributed by atoms with van der Waals surface area (Å²) in [4.78, 5) is 42.9. The molecule has 1 aliphatic heterocycles. The Morgan fingerprint density at radius 2 is 1.76 bits per heavy atom. The number of methoxy groups -OCH3 is 1. The number of fused-ring (bicyclic) bond motifs is 1. The first kappa shape index (κ1) is 32.9. The van der Waals surface area contributed by atoms with E-state index >= 15 is 0 Å². The van der Waals surface area contributed by atoms with Gasteiger partial charge in [-0.1, -0.05) is 77.5 Å². The van der Waals surface area contributed by atoms with Crippen LogP contribution in [0.3, 0.4) is 0 Å². The Morgan fingerprint density at radius 1 is 1.02 bits per heavy atom. The minimum atomic E-state index is -1.86. The zero-order valence-corrected chi connectivity index (χ0v) is 27.3. The molecule has 0 unspecified atom stereocenters. The number of carbonyl (C=O) groups excluding carboxylic acids is 2. The van der Waals surface area contributed by atoms with Gasteiger partial charge in [0.1, 0.15) is 0 Å². The highest BCUT2D eigenvalue weighted by Gasteiger charge is 2.52. The Labute approximate surface area is 276 Å². The standard InChI is InChI=1S/C36H36BrN3O6/c1-25(8-6-12-33(42)38(20-21-41)23-26-9-4-3-5-10-26)36(45)30-22-28(37)15-18-31(30)40(35(36)44)24-27-13-16-29(17-14-27)39-19-7-11-32(46-2)34(39)43/h3-11,13-19,22,25,41,45H,12,20-21,23-24H2,1-2H3/b8-6+/t25-,36+/m0/s1. The van der Waals surface area contributed by atoms with Crippen LogP contribution in [0.4, 0.5) is 5.69 Å². The number of hydrogen-bond donors (Lipinski definition) is 2. The van der Waals surface area contributed by atoms with Crippen molar-refractivity contribution in [3.05, 3.63) is 135 Å². The Hall–Kier alpha value is -4.51. The van der Waals surface area contributed by atoms with E-state index in [4.69, 9.17) is 4.74 Å². The second-order valence-corrected chi connectivity index (χ2v) is 12.1. The normalized spacial score (nSPS) is 16.5. The largest absolute Gasteiger partial charge is 0.491 e. The summed E-state index contributed by atoms with van der Waals surface area (Å²) in [6.45, 7) is 2.38. The van der Waals surface area contributed by atoms with Crippen molar-refractivity contribution in [2.45, 2.75) is 32.0 Å². The van der Waals surface area contributed by atoms with Gasteiger partial charge in [-0.2, -0.15) is 0 Å². The number of nitrogens with zero attached hydrogens (tertiary/aromatic N) is 3. The molecule has 1 aliphatic rings. The number of aliphatic hydroxyl groups excluding tert-OH is 1. The number of rotatable bonds is 12. The monoisotopic (exact) mass is 685 g/mol. The van der Waals surface area contributed by atoms with Crippen molar-refractivity contribution in [3.63, 3.8) is 0 Å². The maximum Gasteiger partial charge on any atom is 0.297 e. The number of pyridine rings is 1. The van der Waals surface area contributed by atoms with E-state index in [-0.39, 0.29) is 43.3 Å². The van der Waals surface area contributed by atoms with Crippen LogP contribution in [-0.4, -0.2) is 51.8 Å². The fourth-order valence-corrected chi connectivity index (χ4v) is 6.07. The van der Waals surface area contributed by atoms with Crippen LogP contribution in [0.25, 0.3) is 5.69 Å². The van der Waals surface area contributed by atoms with Crippen molar-refractivity contribution < 1.29 is 24.5 Å². The second-order valence-electron chi connectivity index (χ2n) is 11.2. The fraction of sp³-hybridized carbons (Fsp3) is 0.250. The van der Waals surface area contributed by atoms with Gasteiger partial charge in [-0.3, -0.25) is 19.0 Å². The summed E-state index contributed by atoms with van der Waals surface area (Å²) in [7, 11) is 1.45. The topological polar surface area (TPSA) is 112 Å². The molecule has 0 radical (unpaired) electrons. The van der Waals surface area contributed by atoms with Crippen molar-refractivity contribution in [2.75, 3.05) is 25.2 Å². The zero-order valence-electron chi connectivity index (χ0n) is 25.7. The number of ether oxygens (including phenoxy) is 1. The lowest BCUT2D eigenvalue weighted by molar-refractivity contribution is -0.139. The molecule has 0 saturated carbocycles. The van der Waals surface area contributed by atoms with Gasteiger partial charge < -0.3 is 24.7 Å². The smallest absolute Gasteiger partial charge is 0.297 e. The minimum absolute atomic E-state index is 0.0548. The first-order valence-electron chi connectivity index (χ1n) is 15.0. The third-order valence-corrected chi connectivity index (χ3v) is 8.73. The third kappa shape index (κ3) is 6.69. The number of aliphatic hydroxyl groups is 2. The van der Waals surface area contributed by atoms with Crippen molar-refractivity contribution >= 4 is 33.4 Å². The van der Waals surface area contributed by atoms with E-state index < -0.39 is 17.4 Å². The van der Waals surface area contributed by atoms with Crippen LogP contribution < -0.4 is 15.2 Å². The van der Waals surface area contributed by atoms with E-state index in [0.29, 0.717) is 23.5 Å². The first-order chi connectivity index (χ1) is 22.2. The summed E-state index contributed by atoms with van der Waals surface area (Å²) < 4.78 is 7.36. The summed E-state index contributed by atoms with van der Waals surface area (Å²) in [5.41, 5.74) is 1.34. The van der Waals surface area contributed by atoms with E-state index in [2.05, 4.69) is 15.9 Å². The molecule has 5 rings (SSSR count). The van der Waals surface area contributed by atoms with Crippen molar-refractivity contribution in [3.8, 4) is 11.4 Å². The van der Waals surface area contributed by atoms with Crippen LogP contribution in [0.2, 0.25) is 0 Å². The van der Waals surface area contributed by atoms with E-state index in [1.807, 2.05) is 48.5 Å². The summed E-state index contributed by atoms with van der Waals surface area (Å²) in [6, 6.07) is 25.5. The summed E-state index contributed by atoms with van der Waals surface area (Å²) in [6.07, 6.45) is 5.09. The van der Waals surface area contributed by atoms with Gasteiger partial charge >= 0.3 is 0 Å². The molecule has 2 atom stereocenters. The molecule has 46 heavy (non-hydrogen) atoms. The van der Waals surface area contributed by atoms with Gasteiger partial charge in [0.05, 0.1) is 25.9 Å². The van der Waals surface area contributed by atoms with Crippen LogP contribution in [0, 0.1) is 5.92 Å². The molecule has 10 heteroatoms. The van der Waals surface area contributed by atoms with Gasteiger partial charge in [0, 0.05) is 47.3 Å². The van der Waals surface area contributed by atoms with E-state index in [9.17, 15) is 24.6 Å². The Balaban J connectivity index is 1.33.